The fourth-order valence-electron chi connectivity index (χ4n) is 1.47. The van der Waals surface area contributed by atoms with Gasteiger partial charge in [0.1, 0.15) is 17.6 Å². The lowest BCUT2D eigenvalue weighted by Gasteiger charge is -2.07. The number of nitro groups is 1. The molecule has 0 fully saturated rings. The van der Waals surface area contributed by atoms with Gasteiger partial charge in [0.15, 0.2) is 0 Å². The van der Waals surface area contributed by atoms with Gasteiger partial charge in [-0.2, -0.15) is 4.73 Å². The van der Waals surface area contributed by atoms with Gasteiger partial charge in [-0.15, -0.1) is 0 Å². The van der Waals surface area contributed by atoms with E-state index in [0.717, 1.165) is 12.3 Å². The molecule has 7 nitrogen and oxygen atoms in total. The molecule has 0 aliphatic carbocycles. The normalized spacial score (nSPS) is 10.1. The van der Waals surface area contributed by atoms with Gasteiger partial charge in [-0.3, -0.25) is 10.1 Å². The van der Waals surface area contributed by atoms with Crippen molar-refractivity contribution in [3.63, 3.8) is 0 Å². The van der Waals surface area contributed by atoms with Gasteiger partial charge >= 0.3 is 5.69 Å². The summed E-state index contributed by atoms with van der Waals surface area (Å²) in [5, 5.41) is 22.0. The minimum Gasteiger partial charge on any atom is -0.618 e. The van der Waals surface area contributed by atoms with Crippen molar-refractivity contribution in [2.24, 2.45) is 0 Å². The molecule has 1 aromatic heterocycles. The lowest BCUT2D eigenvalue weighted by atomic mass is 10.3. The van der Waals surface area contributed by atoms with Gasteiger partial charge in [0.25, 0.3) is 10.9 Å². The molecule has 0 aliphatic rings. The van der Waals surface area contributed by atoms with E-state index in [9.17, 15) is 15.3 Å². The standard InChI is InChI=1S/C12H9ClN2O5/c1-19-8-2-4-9(5-3-8)20-11-7-14(16)12(13)6-10(11)15(17)18/h2-7H,1H3. The highest BCUT2D eigenvalue weighted by atomic mass is 35.5. The third kappa shape index (κ3) is 2.89. The lowest BCUT2D eigenvalue weighted by Crippen LogP contribution is -2.27. The Morgan fingerprint density at radius 2 is 1.85 bits per heavy atom. The van der Waals surface area contributed by atoms with E-state index in [1.807, 2.05) is 0 Å². The number of hydrogen-bond acceptors (Lipinski definition) is 5. The average molecular weight is 297 g/mol. The molecule has 20 heavy (non-hydrogen) atoms. The third-order valence-corrected chi connectivity index (χ3v) is 2.71. The summed E-state index contributed by atoms with van der Waals surface area (Å²) in [6, 6.07) is 7.32. The number of halogens is 1. The molecule has 0 unspecified atom stereocenters. The fourth-order valence-corrected chi connectivity index (χ4v) is 1.63. The smallest absolute Gasteiger partial charge is 0.325 e. The van der Waals surface area contributed by atoms with Crippen molar-refractivity contribution in [2.45, 2.75) is 0 Å². The highest BCUT2D eigenvalue weighted by Crippen LogP contribution is 2.32. The number of nitrogens with zero attached hydrogens (tertiary/aromatic N) is 2. The van der Waals surface area contributed by atoms with Crippen LogP contribution in [0.4, 0.5) is 5.69 Å². The van der Waals surface area contributed by atoms with Crippen molar-refractivity contribution in [1.82, 2.24) is 0 Å². The molecule has 0 aliphatic heterocycles. The predicted molar refractivity (Wildman–Crippen MR) is 70.1 cm³/mol. The molecule has 1 aromatic carbocycles. The van der Waals surface area contributed by atoms with Crippen LogP contribution in [0, 0.1) is 15.3 Å². The second kappa shape index (κ2) is 5.62. The predicted octanol–water partition coefficient (Wildman–Crippen LogP) is 2.68. The van der Waals surface area contributed by atoms with Crippen molar-refractivity contribution in [3.8, 4) is 17.2 Å². The van der Waals surface area contributed by atoms with Crippen molar-refractivity contribution in [3.05, 3.63) is 57.0 Å². The average Bonchev–Trinajstić information content (AvgIpc) is 2.43. The molecule has 0 radical (unpaired) electrons. The monoisotopic (exact) mass is 296 g/mol. The topological polar surface area (TPSA) is 88.5 Å². The van der Waals surface area contributed by atoms with E-state index in [2.05, 4.69) is 0 Å². The van der Waals surface area contributed by atoms with E-state index >= 15 is 0 Å². The zero-order valence-corrected chi connectivity index (χ0v) is 11.0. The molecule has 0 spiro atoms. The largest absolute Gasteiger partial charge is 0.618 e. The van der Waals surface area contributed by atoms with Crippen LogP contribution in [0.5, 0.6) is 17.2 Å². The molecular weight excluding hydrogens is 288 g/mol. The van der Waals surface area contributed by atoms with Crippen molar-refractivity contribution in [2.75, 3.05) is 7.11 Å². The van der Waals surface area contributed by atoms with Crippen molar-refractivity contribution >= 4 is 17.3 Å². The maximum atomic E-state index is 11.4. The summed E-state index contributed by atoms with van der Waals surface area (Å²) in [5.74, 6) is 0.748. The summed E-state index contributed by atoms with van der Waals surface area (Å²) in [7, 11) is 1.51. The molecular formula is C12H9ClN2O5. The number of hydrogen-bond donors (Lipinski definition) is 0. The zero-order chi connectivity index (χ0) is 14.7. The first-order valence-corrected chi connectivity index (χ1v) is 5.78. The van der Waals surface area contributed by atoms with Gasteiger partial charge in [-0.25, -0.2) is 0 Å². The SMILES string of the molecule is COc1ccc(Oc2c[n+]([O-])c(Cl)cc2[N+](=O)[O-])cc1. The highest BCUT2D eigenvalue weighted by molar-refractivity contribution is 6.28. The van der Waals surface area contributed by atoms with Gasteiger partial charge in [-0.05, 0) is 35.9 Å². The van der Waals surface area contributed by atoms with E-state index in [1.54, 1.807) is 24.3 Å². The van der Waals surface area contributed by atoms with Gasteiger partial charge in [0.2, 0.25) is 6.20 Å². The second-order valence-electron chi connectivity index (χ2n) is 3.71. The zero-order valence-electron chi connectivity index (χ0n) is 10.3. The Morgan fingerprint density at radius 3 is 2.40 bits per heavy atom. The quantitative estimate of drug-likeness (QED) is 0.284. The second-order valence-corrected chi connectivity index (χ2v) is 4.09. The number of rotatable bonds is 4. The molecule has 0 saturated heterocycles. The van der Waals surface area contributed by atoms with Gasteiger partial charge in [-0.1, -0.05) is 0 Å². The Labute approximate surface area is 118 Å². The maximum absolute atomic E-state index is 11.4. The van der Waals surface area contributed by atoms with Crippen molar-refractivity contribution < 1.29 is 19.1 Å². The van der Waals surface area contributed by atoms with Crippen LogP contribution in [0.25, 0.3) is 0 Å². The Bertz CT molecular complexity index is 645. The summed E-state index contributed by atoms with van der Waals surface area (Å²) >= 11 is 5.55. The van der Waals surface area contributed by atoms with E-state index in [-0.39, 0.29) is 15.6 Å². The summed E-state index contributed by atoms with van der Waals surface area (Å²) in [6.45, 7) is 0. The van der Waals surface area contributed by atoms with Crippen LogP contribution in [0.3, 0.4) is 0 Å². The summed E-state index contributed by atoms with van der Waals surface area (Å²) in [5.41, 5.74) is -0.391. The van der Waals surface area contributed by atoms with Crippen LogP contribution in [0.15, 0.2) is 36.5 Å². The Hall–Kier alpha value is -2.54. The van der Waals surface area contributed by atoms with Crippen LogP contribution in [-0.2, 0) is 0 Å². The molecule has 0 amide bonds. The number of methoxy groups -OCH3 is 1. The van der Waals surface area contributed by atoms with Crippen LogP contribution in [0.2, 0.25) is 5.15 Å². The molecule has 104 valence electrons. The molecule has 2 aromatic rings. The Balaban J connectivity index is 2.36. The highest BCUT2D eigenvalue weighted by Gasteiger charge is 2.22. The molecule has 0 saturated carbocycles. The molecule has 2 rings (SSSR count). The Morgan fingerprint density at radius 1 is 1.25 bits per heavy atom. The van der Waals surface area contributed by atoms with E-state index < -0.39 is 10.6 Å². The summed E-state index contributed by atoms with van der Waals surface area (Å²) in [6.07, 6.45) is 0.907. The molecule has 0 atom stereocenters. The summed E-state index contributed by atoms with van der Waals surface area (Å²) in [4.78, 5) is 10.2. The van der Waals surface area contributed by atoms with E-state index in [1.165, 1.54) is 7.11 Å². The van der Waals surface area contributed by atoms with Gasteiger partial charge in [0, 0.05) is 0 Å². The van der Waals surface area contributed by atoms with Crippen LogP contribution in [-0.4, -0.2) is 12.0 Å². The summed E-state index contributed by atoms with van der Waals surface area (Å²) < 4.78 is 10.6. The first-order valence-electron chi connectivity index (χ1n) is 5.40. The number of benzene rings is 1. The minimum atomic E-state index is -0.676. The fraction of sp³-hybridized carbons (Fsp3) is 0.0833. The van der Waals surface area contributed by atoms with Crippen molar-refractivity contribution in [1.29, 1.82) is 0 Å². The van der Waals surface area contributed by atoms with Crippen LogP contribution < -0.4 is 14.2 Å². The number of aromatic nitrogens is 1. The van der Waals surface area contributed by atoms with E-state index in [0.29, 0.717) is 11.5 Å². The Kier molecular flexibility index (Phi) is 3.90. The van der Waals surface area contributed by atoms with Crippen LogP contribution in [0.1, 0.15) is 0 Å². The molecule has 1 heterocycles. The molecule has 0 N–H and O–H groups in total. The first-order chi connectivity index (χ1) is 9.51. The molecule has 0 bridgehead atoms. The van der Waals surface area contributed by atoms with Gasteiger partial charge < -0.3 is 14.7 Å². The van der Waals surface area contributed by atoms with Crippen LogP contribution >= 0.6 is 11.6 Å². The van der Waals surface area contributed by atoms with E-state index in [4.69, 9.17) is 21.1 Å². The minimum absolute atomic E-state index is 0.195. The lowest BCUT2D eigenvalue weighted by molar-refractivity contribution is -0.604. The third-order valence-electron chi connectivity index (χ3n) is 2.44. The first kappa shape index (κ1) is 13.9. The van der Waals surface area contributed by atoms with Gasteiger partial charge in [0.05, 0.1) is 12.0 Å². The maximum Gasteiger partial charge on any atom is 0.325 e. The number of pyridine rings is 1. The molecule has 8 heteroatoms. The number of ether oxygens (including phenoxy) is 2.